The number of rotatable bonds is 10. The van der Waals surface area contributed by atoms with Gasteiger partial charge in [-0.25, -0.2) is 0 Å². The Morgan fingerprint density at radius 1 is 1.33 bits per heavy atom. The normalized spacial score (nSPS) is 17.2. The standard InChI is InChI=1S/C14H28N2O2/c1-2-3-9-18-10-5-8-16-13(17)11-14(12-15)6-4-7-14/h2-12,15H2,1H3,(H,16,17). The van der Waals surface area contributed by atoms with Crippen molar-refractivity contribution in [1.82, 2.24) is 5.32 Å². The number of nitrogens with two attached hydrogens (primary N) is 1. The summed E-state index contributed by atoms with van der Waals surface area (Å²) < 4.78 is 5.44. The number of hydrogen-bond donors (Lipinski definition) is 2. The Labute approximate surface area is 111 Å². The molecule has 0 bridgehead atoms. The topological polar surface area (TPSA) is 64.3 Å². The maximum Gasteiger partial charge on any atom is 0.220 e. The molecule has 3 N–H and O–H groups in total. The molecular formula is C14H28N2O2. The van der Waals surface area contributed by atoms with E-state index < -0.39 is 0 Å². The van der Waals surface area contributed by atoms with Crippen molar-refractivity contribution in [3.05, 3.63) is 0 Å². The first kappa shape index (κ1) is 15.4. The van der Waals surface area contributed by atoms with Crippen LogP contribution in [0, 0.1) is 5.41 Å². The molecule has 0 unspecified atom stereocenters. The van der Waals surface area contributed by atoms with Crippen molar-refractivity contribution in [3.8, 4) is 0 Å². The Hall–Kier alpha value is -0.610. The SMILES string of the molecule is CCCCOCCCNC(=O)CC1(CN)CCC1. The maximum absolute atomic E-state index is 11.7. The van der Waals surface area contributed by atoms with Gasteiger partial charge in [0.2, 0.25) is 5.91 Å². The summed E-state index contributed by atoms with van der Waals surface area (Å²) in [5, 5.41) is 2.96. The average Bonchev–Trinajstić information content (AvgIpc) is 2.33. The molecule has 1 aliphatic carbocycles. The summed E-state index contributed by atoms with van der Waals surface area (Å²) in [6, 6.07) is 0. The van der Waals surface area contributed by atoms with Gasteiger partial charge in [-0.1, -0.05) is 19.8 Å². The maximum atomic E-state index is 11.7. The van der Waals surface area contributed by atoms with Gasteiger partial charge in [0, 0.05) is 26.2 Å². The van der Waals surface area contributed by atoms with Crippen molar-refractivity contribution in [2.75, 3.05) is 26.3 Å². The largest absolute Gasteiger partial charge is 0.381 e. The summed E-state index contributed by atoms with van der Waals surface area (Å²) >= 11 is 0. The highest BCUT2D eigenvalue weighted by Gasteiger charge is 2.37. The molecule has 0 aromatic heterocycles. The van der Waals surface area contributed by atoms with E-state index in [9.17, 15) is 4.79 Å². The lowest BCUT2D eigenvalue weighted by Crippen LogP contribution is -2.42. The Morgan fingerprint density at radius 2 is 2.06 bits per heavy atom. The lowest BCUT2D eigenvalue weighted by molar-refractivity contribution is -0.124. The Morgan fingerprint density at radius 3 is 2.61 bits per heavy atom. The molecule has 106 valence electrons. The van der Waals surface area contributed by atoms with Crippen LogP contribution in [0.1, 0.15) is 51.9 Å². The zero-order valence-corrected chi connectivity index (χ0v) is 11.7. The van der Waals surface area contributed by atoms with Gasteiger partial charge in [-0.05, 0) is 37.6 Å². The van der Waals surface area contributed by atoms with Gasteiger partial charge in [0.15, 0.2) is 0 Å². The molecule has 1 rings (SSSR count). The van der Waals surface area contributed by atoms with Crippen LogP contribution in [-0.2, 0) is 9.53 Å². The number of nitrogens with one attached hydrogen (secondary N) is 1. The quantitative estimate of drug-likeness (QED) is 0.586. The van der Waals surface area contributed by atoms with Crippen LogP contribution in [0.15, 0.2) is 0 Å². The fraction of sp³-hybridized carbons (Fsp3) is 0.929. The number of carbonyl (C=O) groups excluding carboxylic acids is 1. The molecule has 0 spiro atoms. The number of amides is 1. The van der Waals surface area contributed by atoms with E-state index in [0.29, 0.717) is 19.5 Å². The third kappa shape index (κ3) is 5.36. The lowest BCUT2D eigenvalue weighted by Gasteiger charge is -2.40. The van der Waals surface area contributed by atoms with Crippen LogP contribution in [0.2, 0.25) is 0 Å². The van der Waals surface area contributed by atoms with Crippen LogP contribution in [0.3, 0.4) is 0 Å². The molecule has 0 aromatic rings. The van der Waals surface area contributed by atoms with Crippen molar-refractivity contribution in [2.45, 2.75) is 51.9 Å². The molecule has 1 aliphatic rings. The molecule has 0 aromatic carbocycles. The zero-order valence-electron chi connectivity index (χ0n) is 11.7. The molecule has 1 saturated carbocycles. The first-order chi connectivity index (χ1) is 8.72. The van der Waals surface area contributed by atoms with Gasteiger partial charge < -0.3 is 15.8 Å². The van der Waals surface area contributed by atoms with Crippen molar-refractivity contribution >= 4 is 5.91 Å². The van der Waals surface area contributed by atoms with Crippen LogP contribution >= 0.6 is 0 Å². The molecule has 4 nitrogen and oxygen atoms in total. The van der Waals surface area contributed by atoms with Gasteiger partial charge in [-0.2, -0.15) is 0 Å². The van der Waals surface area contributed by atoms with E-state index in [1.807, 2.05) is 0 Å². The number of unbranched alkanes of at least 4 members (excludes halogenated alkanes) is 1. The van der Waals surface area contributed by atoms with E-state index >= 15 is 0 Å². The molecule has 18 heavy (non-hydrogen) atoms. The number of ether oxygens (including phenoxy) is 1. The smallest absolute Gasteiger partial charge is 0.220 e. The summed E-state index contributed by atoms with van der Waals surface area (Å²) in [5.74, 6) is 0.147. The third-order valence-electron chi connectivity index (χ3n) is 3.81. The fourth-order valence-electron chi connectivity index (χ4n) is 2.28. The summed E-state index contributed by atoms with van der Waals surface area (Å²) in [6.07, 6.45) is 7.21. The Balaban J connectivity index is 1.97. The molecular weight excluding hydrogens is 228 g/mol. The van der Waals surface area contributed by atoms with Crippen molar-refractivity contribution in [3.63, 3.8) is 0 Å². The third-order valence-corrected chi connectivity index (χ3v) is 3.81. The monoisotopic (exact) mass is 256 g/mol. The molecule has 0 radical (unpaired) electrons. The highest BCUT2D eigenvalue weighted by molar-refractivity contribution is 5.76. The molecule has 1 fully saturated rings. The van der Waals surface area contributed by atoms with Gasteiger partial charge in [-0.3, -0.25) is 4.79 Å². The molecule has 0 saturated heterocycles. The molecule has 1 amide bonds. The predicted octanol–water partition coefficient (Wildman–Crippen LogP) is 1.83. The Bertz CT molecular complexity index is 234. The second-order valence-corrected chi connectivity index (χ2v) is 5.40. The molecule has 0 heterocycles. The molecule has 0 atom stereocenters. The average molecular weight is 256 g/mol. The van der Waals surface area contributed by atoms with Gasteiger partial charge in [-0.15, -0.1) is 0 Å². The second-order valence-electron chi connectivity index (χ2n) is 5.40. The van der Waals surface area contributed by atoms with Gasteiger partial charge in [0.1, 0.15) is 0 Å². The van der Waals surface area contributed by atoms with Crippen LogP contribution in [0.25, 0.3) is 0 Å². The van der Waals surface area contributed by atoms with Gasteiger partial charge in [0.25, 0.3) is 0 Å². The Kier molecular flexibility index (Phi) is 7.28. The predicted molar refractivity (Wildman–Crippen MR) is 73.3 cm³/mol. The van der Waals surface area contributed by atoms with E-state index in [-0.39, 0.29) is 11.3 Å². The first-order valence-corrected chi connectivity index (χ1v) is 7.27. The minimum absolute atomic E-state index is 0.113. The highest BCUT2D eigenvalue weighted by atomic mass is 16.5. The summed E-state index contributed by atoms with van der Waals surface area (Å²) in [5.41, 5.74) is 5.85. The van der Waals surface area contributed by atoms with Gasteiger partial charge in [0.05, 0.1) is 0 Å². The highest BCUT2D eigenvalue weighted by Crippen LogP contribution is 2.42. The van der Waals surface area contributed by atoms with Crippen LogP contribution in [0.5, 0.6) is 0 Å². The van der Waals surface area contributed by atoms with E-state index in [1.165, 1.54) is 6.42 Å². The fourth-order valence-corrected chi connectivity index (χ4v) is 2.28. The van der Waals surface area contributed by atoms with Gasteiger partial charge >= 0.3 is 0 Å². The lowest BCUT2D eigenvalue weighted by atomic mass is 9.66. The van der Waals surface area contributed by atoms with E-state index in [4.69, 9.17) is 10.5 Å². The van der Waals surface area contributed by atoms with E-state index in [0.717, 1.165) is 45.3 Å². The first-order valence-electron chi connectivity index (χ1n) is 7.27. The zero-order chi connectivity index (χ0) is 13.3. The van der Waals surface area contributed by atoms with Crippen LogP contribution in [-0.4, -0.2) is 32.2 Å². The molecule has 0 aliphatic heterocycles. The summed E-state index contributed by atoms with van der Waals surface area (Å²) in [4.78, 5) is 11.7. The van der Waals surface area contributed by atoms with Crippen molar-refractivity contribution < 1.29 is 9.53 Å². The number of carbonyl (C=O) groups is 1. The number of hydrogen-bond acceptors (Lipinski definition) is 3. The summed E-state index contributed by atoms with van der Waals surface area (Å²) in [7, 11) is 0. The van der Waals surface area contributed by atoms with Crippen LogP contribution in [0.4, 0.5) is 0 Å². The van der Waals surface area contributed by atoms with E-state index in [2.05, 4.69) is 12.2 Å². The van der Waals surface area contributed by atoms with Crippen molar-refractivity contribution in [2.24, 2.45) is 11.1 Å². The second kappa shape index (κ2) is 8.48. The minimum atomic E-state index is 0.113. The van der Waals surface area contributed by atoms with Crippen LogP contribution < -0.4 is 11.1 Å². The van der Waals surface area contributed by atoms with E-state index in [1.54, 1.807) is 0 Å². The summed E-state index contributed by atoms with van der Waals surface area (Å²) in [6.45, 7) is 5.08. The minimum Gasteiger partial charge on any atom is -0.381 e. The molecule has 4 heteroatoms. The van der Waals surface area contributed by atoms with Crippen molar-refractivity contribution in [1.29, 1.82) is 0 Å².